The Bertz CT molecular complexity index is 1520. The highest BCUT2D eigenvalue weighted by Crippen LogP contribution is 2.36. The fraction of sp³-hybridized carbons (Fsp3) is 0.467. The first kappa shape index (κ1) is 30.7. The number of hydrogen-bond acceptors (Lipinski definition) is 8. The molecule has 42 heavy (non-hydrogen) atoms. The van der Waals surface area contributed by atoms with Gasteiger partial charge in [-0.3, -0.25) is 14.4 Å². The molecule has 1 N–H and O–H groups in total. The van der Waals surface area contributed by atoms with Crippen molar-refractivity contribution in [1.29, 1.82) is 0 Å². The van der Waals surface area contributed by atoms with Gasteiger partial charge in [0.25, 0.3) is 0 Å². The monoisotopic (exact) mass is 615 g/mol. The van der Waals surface area contributed by atoms with Gasteiger partial charge in [-0.25, -0.2) is 8.42 Å². The first-order chi connectivity index (χ1) is 20.2. The predicted molar refractivity (Wildman–Crippen MR) is 163 cm³/mol. The SMILES string of the molecule is COC(=O)CNCc1cccc(-c2cc(-c3nn(CCCN4CCOCC4)c4c3CN(S(C)(=O)=O)CC4)ccc2Cl)c1. The molecular weight excluding hydrogens is 578 g/mol. The van der Waals surface area contributed by atoms with Crippen molar-refractivity contribution in [2.45, 2.75) is 32.5 Å². The molecule has 1 saturated heterocycles. The molecule has 10 nitrogen and oxygen atoms in total. The number of rotatable bonds is 11. The second-order valence-electron chi connectivity index (χ2n) is 10.7. The Morgan fingerprint density at radius 2 is 1.90 bits per heavy atom. The van der Waals surface area contributed by atoms with Crippen molar-refractivity contribution >= 4 is 27.6 Å². The molecule has 2 aliphatic heterocycles. The highest BCUT2D eigenvalue weighted by Gasteiger charge is 2.30. The van der Waals surface area contributed by atoms with Crippen LogP contribution < -0.4 is 5.32 Å². The van der Waals surface area contributed by atoms with E-state index < -0.39 is 10.0 Å². The lowest BCUT2D eigenvalue weighted by Crippen LogP contribution is -2.37. The molecule has 0 atom stereocenters. The number of sulfonamides is 1. The normalized spacial score (nSPS) is 16.4. The van der Waals surface area contributed by atoms with Crippen LogP contribution in [0.15, 0.2) is 42.5 Å². The average Bonchev–Trinajstić information content (AvgIpc) is 3.35. The first-order valence-corrected chi connectivity index (χ1v) is 16.5. The van der Waals surface area contributed by atoms with Crippen molar-refractivity contribution in [3.8, 4) is 22.4 Å². The number of esters is 1. The number of hydrogen-bond donors (Lipinski definition) is 1. The van der Waals surface area contributed by atoms with E-state index in [0.717, 1.165) is 85.0 Å². The zero-order valence-electron chi connectivity index (χ0n) is 24.1. The highest BCUT2D eigenvalue weighted by atomic mass is 35.5. The minimum Gasteiger partial charge on any atom is -0.468 e. The van der Waals surface area contributed by atoms with Crippen LogP contribution in [0.5, 0.6) is 0 Å². The molecule has 0 bridgehead atoms. The van der Waals surface area contributed by atoms with Crippen molar-refractivity contribution in [2.24, 2.45) is 0 Å². The molecule has 2 aliphatic rings. The molecule has 5 rings (SSSR count). The number of aryl methyl sites for hydroxylation is 1. The van der Waals surface area contributed by atoms with Crippen LogP contribution in [0.3, 0.4) is 0 Å². The summed E-state index contributed by atoms with van der Waals surface area (Å²) < 4.78 is 38.7. The first-order valence-electron chi connectivity index (χ1n) is 14.2. The number of aromatic nitrogens is 2. The second kappa shape index (κ2) is 13.7. The molecule has 3 heterocycles. The van der Waals surface area contributed by atoms with Gasteiger partial charge in [0.2, 0.25) is 10.0 Å². The van der Waals surface area contributed by atoms with Crippen LogP contribution in [0.2, 0.25) is 5.02 Å². The number of nitrogens with one attached hydrogen (secondary N) is 1. The Morgan fingerprint density at radius 1 is 1.10 bits per heavy atom. The summed E-state index contributed by atoms with van der Waals surface area (Å²) in [5.74, 6) is -0.319. The van der Waals surface area contributed by atoms with E-state index in [0.29, 0.717) is 31.1 Å². The maximum Gasteiger partial charge on any atom is 0.319 e. The summed E-state index contributed by atoms with van der Waals surface area (Å²) in [6, 6.07) is 13.8. The fourth-order valence-electron chi connectivity index (χ4n) is 5.56. The minimum atomic E-state index is -3.35. The van der Waals surface area contributed by atoms with Gasteiger partial charge in [0.1, 0.15) is 0 Å². The molecule has 0 amide bonds. The van der Waals surface area contributed by atoms with Crippen LogP contribution >= 0.6 is 11.6 Å². The number of carbonyl (C=O) groups is 1. The van der Waals surface area contributed by atoms with Crippen LogP contribution in [0.4, 0.5) is 0 Å². The number of morpholine rings is 1. The number of fused-ring (bicyclic) bond motifs is 1. The van der Waals surface area contributed by atoms with Crippen LogP contribution in [0.25, 0.3) is 22.4 Å². The minimum absolute atomic E-state index is 0.127. The summed E-state index contributed by atoms with van der Waals surface area (Å²) in [5, 5.41) is 8.76. The van der Waals surface area contributed by atoms with E-state index in [-0.39, 0.29) is 12.5 Å². The molecule has 3 aromatic rings. The lowest BCUT2D eigenvalue weighted by molar-refractivity contribution is -0.139. The molecule has 0 aliphatic carbocycles. The van der Waals surface area contributed by atoms with Gasteiger partial charge in [0, 0.05) is 79.6 Å². The van der Waals surface area contributed by atoms with Crippen LogP contribution in [-0.2, 0) is 50.3 Å². The molecule has 0 spiro atoms. The van der Waals surface area contributed by atoms with Gasteiger partial charge >= 0.3 is 5.97 Å². The van der Waals surface area contributed by atoms with Crippen LogP contribution in [-0.4, -0.2) is 92.7 Å². The predicted octanol–water partition coefficient (Wildman–Crippen LogP) is 3.17. The summed E-state index contributed by atoms with van der Waals surface area (Å²) >= 11 is 6.71. The second-order valence-corrected chi connectivity index (χ2v) is 13.1. The van der Waals surface area contributed by atoms with E-state index in [4.69, 9.17) is 26.2 Å². The van der Waals surface area contributed by atoms with Gasteiger partial charge < -0.3 is 14.8 Å². The Morgan fingerprint density at radius 3 is 2.67 bits per heavy atom. The molecule has 0 unspecified atom stereocenters. The van der Waals surface area contributed by atoms with Crippen molar-refractivity contribution < 1.29 is 22.7 Å². The number of halogens is 1. The average molecular weight is 616 g/mol. The van der Waals surface area contributed by atoms with Crippen LogP contribution in [0, 0.1) is 0 Å². The lowest BCUT2D eigenvalue weighted by atomic mass is 9.97. The standard InChI is InChI=1S/C30H38ClN5O5S/c1-40-29(37)20-32-19-22-5-3-6-23(17-22)25-18-24(7-8-27(25)31)30-26-21-35(42(2,38)39)12-9-28(26)36(33-30)11-4-10-34-13-15-41-16-14-34/h3,5-8,17-18,32H,4,9-16,19-21H2,1-2H3. The zero-order valence-corrected chi connectivity index (χ0v) is 25.7. The van der Waals surface area contributed by atoms with Crippen LogP contribution in [0.1, 0.15) is 23.2 Å². The van der Waals surface area contributed by atoms with E-state index in [1.54, 1.807) is 0 Å². The molecule has 1 fully saturated rings. The highest BCUT2D eigenvalue weighted by molar-refractivity contribution is 7.88. The number of ether oxygens (including phenoxy) is 2. The molecule has 0 saturated carbocycles. The van der Waals surface area contributed by atoms with Crippen molar-refractivity contribution in [1.82, 2.24) is 24.3 Å². The number of nitrogens with zero attached hydrogens (tertiary/aromatic N) is 4. The van der Waals surface area contributed by atoms with Gasteiger partial charge in [-0.05, 0) is 35.7 Å². The summed E-state index contributed by atoms with van der Waals surface area (Å²) in [7, 11) is -1.98. The van der Waals surface area contributed by atoms with E-state index >= 15 is 0 Å². The Hall–Kier alpha value is -2.80. The topological polar surface area (TPSA) is 106 Å². The maximum atomic E-state index is 12.5. The van der Waals surface area contributed by atoms with E-state index in [1.807, 2.05) is 42.5 Å². The largest absolute Gasteiger partial charge is 0.468 e. The number of methoxy groups -OCH3 is 1. The van der Waals surface area contributed by atoms with E-state index in [2.05, 4.69) is 14.9 Å². The van der Waals surface area contributed by atoms with Crippen molar-refractivity contribution in [3.05, 3.63) is 64.3 Å². The van der Waals surface area contributed by atoms with Gasteiger partial charge in [-0.15, -0.1) is 0 Å². The van der Waals surface area contributed by atoms with Crippen molar-refractivity contribution in [3.63, 3.8) is 0 Å². The quantitative estimate of drug-likeness (QED) is 0.328. The summed E-state index contributed by atoms with van der Waals surface area (Å²) in [5.41, 5.74) is 6.53. The smallest absolute Gasteiger partial charge is 0.319 e. The van der Waals surface area contributed by atoms with Gasteiger partial charge in [-0.2, -0.15) is 9.40 Å². The third-order valence-corrected chi connectivity index (χ3v) is 9.40. The Kier molecular flexibility index (Phi) is 9.97. The number of carbonyl (C=O) groups excluding carboxylic acids is 1. The lowest BCUT2D eigenvalue weighted by Gasteiger charge is -2.27. The molecule has 2 aromatic carbocycles. The van der Waals surface area contributed by atoms with Crippen molar-refractivity contribution in [2.75, 3.05) is 59.3 Å². The third kappa shape index (κ3) is 7.39. The maximum absolute atomic E-state index is 12.5. The third-order valence-electron chi connectivity index (χ3n) is 7.82. The molecule has 1 aromatic heterocycles. The molecular formula is C30H38ClN5O5S. The zero-order chi connectivity index (χ0) is 29.7. The summed E-state index contributed by atoms with van der Waals surface area (Å²) in [4.78, 5) is 13.9. The molecule has 226 valence electrons. The van der Waals surface area contributed by atoms with Gasteiger partial charge in [-0.1, -0.05) is 35.9 Å². The summed E-state index contributed by atoms with van der Waals surface area (Å²) in [6.07, 6.45) is 2.83. The van der Waals surface area contributed by atoms with E-state index in [9.17, 15) is 13.2 Å². The van der Waals surface area contributed by atoms with Gasteiger partial charge in [0.15, 0.2) is 0 Å². The molecule has 0 radical (unpaired) electrons. The van der Waals surface area contributed by atoms with Gasteiger partial charge in [0.05, 0.1) is 38.8 Å². The Balaban J connectivity index is 1.43. The summed E-state index contributed by atoms with van der Waals surface area (Å²) in [6.45, 7) is 6.55. The van der Waals surface area contributed by atoms with E-state index in [1.165, 1.54) is 17.7 Å². The molecule has 12 heteroatoms. The Labute approximate surface area is 252 Å². The number of benzene rings is 2. The fourth-order valence-corrected chi connectivity index (χ4v) is 6.57.